The molecule has 0 fully saturated rings. The monoisotopic (exact) mass is 398 g/mol. The van der Waals surface area contributed by atoms with Crippen molar-refractivity contribution in [2.75, 3.05) is 6.26 Å². The number of carbonyl (C=O) groups excluding carboxylic acids is 1. The van der Waals surface area contributed by atoms with E-state index in [1.54, 1.807) is 6.07 Å². The second-order valence-electron chi connectivity index (χ2n) is 5.70. The number of rotatable bonds is 1. The lowest BCUT2D eigenvalue weighted by atomic mass is 10.1. The van der Waals surface area contributed by atoms with Crippen LogP contribution in [0.15, 0.2) is 29.3 Å². The molecule has 3 rings (SSSR count). The number of aromatic nitrogens is 1. The fraction of sp³-hybridized carbons (Fsp3) is 0.250. The van der Waals surface area contributed by atoms with E-state index >= 15 is 0 Å². The summed E-state index contributed by atoms with van der Waals surface area (Å²) >= 11 is 6.27. The van der Waals surface area contributed by atoms with Crippen molar-refractivity contribution < 1.29 is 17.8 Å². The van der Waals surface area contributed by atoms with Crippen molar-refractivity contribution in [3.8, 4) is 0 Å². The number of halogens is 1. The maximum Gasteiger partial charge on any atom is 0.296 e. The Morgan fingerprint density at radius 1 is 1.35 bits per heavy atom. The van der Waals surface area contributed by atoms with Crippen LogP contribution in [-0.2, 0) is 16.7 Å². The molecule has 2 heterocycles. The number of hydrogen-bond acceptors (Lipinski definition) is 3. The summed E-state index contributed by atoms with van der Waals surface area (Å²) in [5.41, 5.74) is 13.1. The molecule has 0 saturated heterocycles. The summed E-state index contributed by atoms with van der Waals surface area (Å²) in [4.78, 5) is 15.9. The van der Waals surface area contributed by atoms with Gasteiger partial charge in [0.1, 0.15) is 5.69 Å². The molecule has 1 aliphatic rings. The minimum Gasteiger partial charge on any atom is -0.370 e. The molecule has 0 unspecified atom stereocenters. The zero-order valence-corrected chi connectivity index (χ0v) is 15.6. The lowest BCUT2D eigenvalue weighted by Crippen LogP contribution is -2.24. The molecule has 0 bridgehead atoms. The molecule has 1 aliphatic heterocycles. The molecule has 1 aromatic heterocycles. The first-order valence-corrected chi connectivity index (χ1v) is 9.85. The highest BCUT2D eigenvalue weighted by Crippen LogP contribution is 2.32. The zero-order chi connectivity index (χ0) is 19.5. The third-order valence-corrected chi connectivity index (χ3v) is 3.87. The van der Waals surface area contributed by atoms with E-state index in [2.05, 4.69) is 17.1 Å². The highest BCUT2D eigenvalue weighted by Gasteiger charge is 2.19. The van der Waals surface area contributed by atoms with E-state index < -0.39 is 16.0 Å². The fourth-order valence-electron chi connectivity index (χ4n) is 2.67. The van der Waals surface area contributed by atoms with Crippen LogP contribution in [0, 0.1) is 0 Å². The number of allylic oxidation sites excluding steroid dienone is 1. The lowest BCUT2D eigenvalue weighted by molar-refractivity contribution is 0.0994. The van der Waals surface area contributed by atoms with Gasteiger partial charge < -0.3 is 16.0 Å². The summed E-state index contributed by atoms with van der Waals surface area (Å²) in [6.45, 7) is 0.724. The van der Waals surface area contributed by atoms with Gasteiger partial charge in [-0.1, -0.05) is 29.8 Å². The number of carbonyl (C=O) groups is 1. The maximum absolute atomic E-state index is 12.2. The van der Waals surface area contributed by atoms with Gasteiger partial charge in [0.05, 0.1) is 16.8 Å². The molecule has 2 aromatic rings. The first-order valence-electron chi connectivity index (χ1n) is 7.62. The Bertz CT molecular complexity index is 997. The molecule has 5 N–H and O–H groups in total. The Hall–Kier alpha value is -2.36. The Labute approximate surface area is 155 Å². The zero-order valence-electron chi connectivity index (χ0n) is 14.0. The summed E-state index contributed by atoms with van der Waals surface area (Å²) in [6, 6.07) is 5.55. The Balaban J connectivity index is 0.000000431. The van der Waals surface area contributed by atoms with E-state index in [9.17, 15) is 13.2 Å². The summed E-state index contributed by atoms with van der Waals surface area (Å²) in [5.74, 6) is -0.687. The van der Waals surface area contributed by atoms with Crippen molar-refractivity contribution in [2.24, 2.45) is 16.5 Å². The molecule has 0 atom stereocenters. The predicted molar refractivity (Wildman–Crippen MR) is 103 cm³/mol. The van der Waals surface area contributed by atoms with E-state index in [0.29, 0.717) is 17.0 Å². The third-order valence-electron chi connectivity index (χ3n) is 3.54. The summed E-state index contributed by atoms with van der Waals surface area (Å²) < 4.78 is 27.8. The van der Waals surface area contributed by atoms with Crippen LogP contribution >= 0.6 is 11.6 Å². The second-order valence-corrected chi connectivity index (χ2v) is 7.57. The van der Waals surface area contributed by atoms with E-state index in [-0.39, 0.29) is 5.96 Å². The smallest absolute Gasteiger partial charge is 0.296 e. The van der Waals surface area contributed by atoms with Gasteiger partial charge in [-0.3, -0.25) is 9.35 Å². The molecule has 0 radical (unpaired) electrons. The first-order chi connectivity index (χ1) is 12.1. The van der Waals surface area contributed by atoms with Crippen LogP contribution in [0.25, 0.3) is 17.0 Å². The predicted octanol–water partition coefficient (Wildman–Crippen LogP) is 2.02. The van der Waals surface area contributed by atoms with Crippen molar-refractivity contribution in [2.45, 2.75) is 19.4 Å². The van der Waals surface area contributed by atoms with Crippen LogP contribution in [0.4, 0.5) is 0 Å². The normalized spacial score (nSPS) is 14.6. The molecule has 140 valence electrons. The number of aliphatic imine (C=N–C) groups is 1. The molecule has 26 heavy (non-hydrogen) atoms. The van der Waals surface area contributed by atoms with Crippen LogP contribution in [0.5, 0.6) is 0 Å². The molecule has 0 saturated carbocycles. The highest BCUT2D eigenvalue weighted by atomic mass is 35.5. The van der Waals surface area contributed by atoms with E-state index in [4.69, 9.17) is 27.6 Å². The molecule has 8 nitrogen and oxygen atoms in total. The Morgan fingerprint density at radius 2 is 2.00 bits per heavy atom. The number of amides is 1. The molecule has 0 aliphatic carbocycles. The van der Waals surface area contributed by atoms with Gasteiger partial charge in [-0.25, -0.2) is 0 Å². The van der Waals surface area contributed by atoms with Crippen LogP contribution in [-0.4, -0.2) is 35.7 Å². The van der Waals surface area contributed by atoms with Crippen molar-refractivity contribution in [3.63, 3.8) is 0 Å². The average molecular weight is 399 g/mol. The van der Waals surface area contributed by atoms with E-state index in [0.717, 1.165) is 35.9 Å². The number of benzene rings is 1. The van der Waals surface area contributed by atoms with Gasteiger partial charge in [-0.2, -0.15) is 13.4 Å². The minimum absolute atomic E-state index is 0.241. The van der Waals surface area contributed by atoms with Crippen LogP contribution in [0.2, 0.25) is 5.02 Å². The summed E-state index contributed by atoms with van der Waals surface area (Å²) in [7, 11) is -3.67. The van der Waals surface area contributed by atoms with Gasteiger partial charge >= 0.3 is 0 Å². The number of hydrogen-bond donors (Lipinski definition) is 3. The minimum atomic E-state index is -3.67. The Kier molecular flexibility index (Phi) is 6.06. The largest absolute Gasteiger partial charge is 0.370 e. The van der Waals surface area contributed by atoms with Crippen molar-refractivity contribution in [1.29, 1.82) is 0 Å². The number of nitrogens with zero attached hydrogens (tertiary/aromatic N) is 2. The molecule has 1 amide bonds. The van der Waals surface area contributed by atoms with Crippen LogP contribution in [0.3, 0.4) is 0 Å². The van der Waals surface area contributed by atoms with Crippen molar-refractivity contribution >= 4 is 50.6 Å². The van der Waals surface area contributed by atoms with Gasteiger partial charge in [0.25, 0.3) is 16.0 Å². The topological polar surface area (TPSA) is 141 Å². The van der Waals surface area contributed by atoms with Gasteiger partial charge in [0.2, 0.25) is 0 Å². The van der Waals surface area contributed by atoms with Gasteiger partial charge in [0, 0.05) is 11.9 Å². The standard InChI is InChI=1S/C15H15ClN4O.CH4O3S/c16-11-6-5-9-4-2-1-3-7-20-12(8-10(11)13(9)20)14(21)19-15(17)18;1-5(2,3)4/h2,4-6,8H,1,3,7H2,(H4,17,18,19,21);1H3,(H,2,3,4)/b4-2-;. The third kappa shape index (κ3) is 5.07. The Morgan fingerprint density at radius 3 is 2.62 bits per heavy atom. The maximum atomic E-state index is 12.2. The molecular weight excluding hydrogens is 380 g/mol. The number of guanidine groups is 1. The average Bonchev–Trinajstić information content (AvgIpc) is 2.84. The first kappa shape index (κ1) is 20.0. The number of aryl methyl sites for hydroxylation is 1. The van der Waals surface area contributed by atoms with Gasteiger partial charge in [0.15, 0.2) is 5.96 Å². The van der Waals surface area contributed by atoms with Crippen LogP contribution < -0.4 is 11.5 Å². The van der Waals surface area contributed by atoms with Crippen molar-refractivity contribution in [1.82, 2.24) is 4.57 Å². The summed E-state index contributed by atoms with van der Waals surface area (Å²) in [5, 5.41) is 1.45. The lowest BCUT2D eigenvalue weighted by Gasteiger charge is -2.12. The highest BCUT2D eigenvalue weighted by molar-refractivity contribution is 7.85. The van der Waals surface area contributed by atoms with Gasteiger partial charge in [-0.15, -0.1) is 0 Å². The molecular formula is C16H19ClN4O4S. The fourth-order valence-corrected chi connectivity index (χ4v) is 2.88. The SMILES string of the molecule is CS(=O)(=O)O.NC(N)=NC(=O)c1cc2c(Cl)ccc3c2n1CCC/C=C\3. The molecule has 10 heteroatoms. The summed E-state index contributed by atoms with van der Waals surface area (Å²) in [6.07, 6.45) is 6.80. The molecule has 0 spiro atoms. The number of nitrogens with two attached hydrogens (primary N) is 2. The quantitative estimate of drug-likeness (QED) is 0.381. The molecule has 1 aromatic carbocycles. The second kappa shape index (κ2) is 7.90. The van der Waals surface area contributed by atoms with Gasteiger partial charge in [-0.05, 0) is 30.5 Å². The van der Waals surface area contributed by atoms with Crippen molar-refractivity contribution in [3.05, 3.63) is 40.6 Å². The van der Waals surface area contributed by atoms with E-state index in [1.807, 2.05) is 16.7 Å². The van der Waals surface area contributed by atoms with E-state index in [1.165, 1.54) is 0 Å². The van der Waals surface area contributed by atoms with Crippen LogP contribution in [0.1, 0.15) is 28.9 Å².